The summed E-state index contributed by atoms with van der Waals surface area (Å²) in [5.74, 6) is -0.204. The van der Waals surface area contributed by atoms with Crippen molar-refractivity contribution in [2.24, 2.45) is 10.6 Å². The number of hydrogen-bond acceptors (Lipinski definition) is 8. The fraction of sp³-hybridized carbons (Fsp3) is 0.621. The van der Waals surface area contributed by atoms with Crippen LogP contribution in [-0.4, -0.2) is 65.4 Å². The summed E-state index contributed by atoms with van der Waals surface area (Å²) in [4.78, 5) is 16.9. The number of rotatable bonds is 8. The molecule has 8 nitrogen and oxygen atoms in total. The fourth-order valence-corrected chi connectivity index (χ4v) is 4.72. The van der Waals surface area contributed by atoms with Gasteiger partial charge in [-0.15, -0.1) is 0 Å². The maximum absolute atomic E-state index is 15.3. The maximum atomic E-state index is 15.3. The SMILES string of the molecule is C[S+](OCc1cccc(-c2cnc(N3CCC(=NOCC4(C)COC(C)(C)OC4)CC3)nc2)c1F)C(C)(C)C. The molecule has 2 aliphatic heterocycles. The maximum Gasteiger partial charge on any atom is 0.225 e. The molecule has 1 aromatic heterocycles. The molecule has 2 saturated heterocycles. The Bertz CT molecular complexity index is 1130. The van der Waals surface area contributed by atoms with E-state index in [9.17, 15) is 0 Å². The van der Waals surface area contributed by atoms with Crippen LogP contribution in [-0.2, 0) is 36.3 Å². The van der Waals surface area contributed by atoms with Crippen LogP contribution >= 0.6 is 0 Å². The molecule has 2 aliphatic rings. The molecule has 1 aromatic carbocycles. The van der Waals surface area contributed by atoms with Gasteiger partial charge in [-0.25, -0.2) is 14.4 Å². The molecule has 0 N–H and O–H groups in total. The summed E-state index contributed by atoms with van der Waals surface area (Å²) in [6.45, 7) is 15.6. The minimum atomic E-state index is -0.545. The molecule has 0 saturated carbocycles. The topological polar surface area (TPSA) is 78.3 Å². The van der Waals surface area contributed by atoms with Crippen LogP contribution in [0.25, 0.3) is 11.1 Å². The van der Waals surface area contributed by atoms with Crippen LogP contribution in [0.4, 0.5) is 10.3 Å². The summed E-state index contributed by atoms with van der Waals surface area (Å²) in [5.41, 5.74) is 2.46. The van der Waals surface area contributed by atoms with Crippen molar-refractivity contribution in [3.8, 4) is 11.1 Å². The monoisotopic (exact) mass is 561 g/mol. The average Bonchev–Trinajstić information content (AvgIpc) is 2.90. The smallest absolute Gasteiger partial charge is 0.225 e. The second kappa shape index (κ2) is 12.1. The largest absolute Gasteiger partial charge is 0.395 e. The molecule has 214 valence electrons. The lowest BCUT2D eigenvalue weighted by Gasteiger charge is -2.40. The molecular weight excluding hydrogens is 519 g/mol. The first-order valence-corrected chi connectivity index (χ1v) is 15.0. The highest BCUT2D eigenvalue weighted by Gasteiger charge is 2.37. The predicted molar refractivity (Wildman–Crippen MR) is 154 cm³/mol. The van der Waals surface area contributed by atoms with Crippen LogP contribution in [0.5, 0.6) is 0 Å². The Kier molecular flexibility index (Phi) is 9.20. The van der Waals surface area contributed by atoms with Crippen LogP contribution in [0.3, 0.4) is 0 Å². The van der Waals surface area contributed by atoms with E-state index >= 15 is 4.39 Å². The lowest BCUT2D eigenvalue weighted by atomic mass is 9.93. The molecule has 2 fully saturated rings. The third-order valence-corrected chi connectivity index (χ3v) is 9.24. The van der Waals surface area contributed by atoms with Crippen LogP contribution < -0.4 is 4.90 Å². The number of halogens is 1. The van der Waals surface area contributed by atoms with E-state index in [2.05, 4.69) is 47.7 Å². The average molecular weight is 562 g/mol. The van der Waals surface area contributed by atoms with Gasteiger partial charge in [-0.05, 0) is 34.6 Å². The second-order valence-corrected chi connectivity index (χ2v) is 14.5. The van der Waals surface area contributed by atoms with E-state index in [0.717, 1.165) is 31.6 Å². The molecular formula is C29H42FN4O4S+. The second-order valence-electron chi connectivity index (χ2n) is 12.1. The molecule has 0 bridgehead atoms. The van der Waals surface area contributed by atoms with E-state index in [1.165, 1.54) is 0 Å². The van der Waals surface area contributed by atoms with Crippen LogP contribution in [0.1, 0.15) is 59.9 Å². The van der Waals surface area contributed by atoms with Crippen LogP contribution in [0, 0.1) is 11.2 Å². The fourth-order valence-electron chi connectivity index (χ4n) is 4.06. The van der Waals surface area contributed by atoms with Gasteiger partial charge in [-0.1, -0.05) is 30.3 Å². The van der Waals surface area contributed by atoms with Gasteiger partial charge < -0.3 is 19.2 Å². The van der Waals surface area contributed by atoms with Gasteiger partial charge >= 0.3 is 0 Å². The lowest BCUT2D eigenvalue weighted by molar-refractivity contribution is -0.288. The summed E-state index contributed by atoms with van der Waals surface area (Å²) in [7, 11) is 0. The van der Waals surface area contributed by atoms with Crippen molar-refractivity contribution in [1.82, 2.24) is 9.97 Å². The summed E-state index contributed by atoms with van der Waals surface area (Å²) >= 11 is -0.287. The number of oxime groups is 1. The highest BCUT2D eigenvalue weighted by atomic mass is 32.2. The van der Waals surface area contributed by atoms with Crippen molar-refractivity contribution in [2.75, 3.05) is 44.1 Å². The van der Waals surface area contributed by atoms with Gasteiger partial charge in [-0.3, -0.25) is 0 Å². The molecule has 1 atom stereocenters. The third kappa shape index (κ3) is 7.90. The van der Waals surface area contributed by atoms with Gasteiger partial charge in [0.2, 0.25) is 5.95 Å². The molecule has 0 radical (unpaired) electrons. The normalized spacial score (nSPS) is 20.0. The Labute approximate surface area is 234 Å². The first kappa shape index (κ1) is 29.7. The lowest BCUT2D eigenvalue weighted by Crippen LogP contribution is -2.47. The quantitative estimate of drug-likeness (QED) is 0.310. The predicted octanol–water partition coefficient (Wildman–Crippen LogP) is 5.52. The van der Waals surface area contributed by atoms with Crippen molar-refractivity contribution in [1.29, 1.82) is 0 Å². The summed E-state index contributed by atoms with van der Waals surface area (Å²) in [6.07, 6.45) is 6.96. The van der Waals surface area contributed by atoms with Gasteiger partial charge in [0.1, 0.15) is 36.5 Å². The number of aromatic nitrogens is 2. The van der Waals surface area contributed by atoms with Crippen molar-refractivity contribution in [2.45, 2.75) is 71.5 Å². The van der Waals surface area contributed by atoms with Gasteiger partial charge in [0, 0.05) is 55.0 Å². The first-order valence-electron chi connectivity index (χ1n) is 13.4. The Morgan fingerprint density at radius 2 is 1.72 bits per heavy atom. The third-order valence-electron chi connectivity index (χ3n) is 7.05. The van der Waals surface area contributed by atoms with Crippen LogP contribution in [0.2, 0.25) is 0 Å². The Morgan fingerprint density at radius 3 is 2.33 bits per heavy atom. The standard InChI is InChI=1S/C29H42FN4O4S/c1-27(2,3)39(7)38-17-21-9-8-10-24(25(21)30)22-15-31-26(32-16-22)34-13-11-23(12-14-34)33-37-20-29(6)18-35-28(4,5)36-19-29/h8-10,15-16H,11-14,17-20H2,1-7H3/q+1. The summed E-state index contributed by atoms with van der Waals surface area (Å²) < 4.78 is 32.8. The molecule has 39 heavy (non-hydrogen) atoms. The number of nitrogens with zero attached hydrogens (tertiary/aromatic N) is 4. The van der Waals surface area contributed by atoms with E-state index < -0.39 is 5.79 Å². The number of ether oxygens (including phenoxy) is 2. The van der Waals surface area contributed by atoms with E-state index in [0.29, 0.717) is 42.5 Å². The number of hydrogen-bond donors (Lipinski definition) is 0. The Morgan fingerprint density at radius 1 is 1.08 bits per heavy atom. The van der Waals surface area contributed by atoms with Crippen molar-refractivity contribution < 1.29 is 22.9 Å². The van der Waals surface area contributed by atoms with E-state index in [4.69, 9.17) is 18.5 Å². The van der Waals surface area contributed by atoms with E-state index in [1.807, 2.05) is 26.2 Å². The zero-order valence-electron chi connectivity index (χ0n) is 24.3. The zero-order valence-corrected chi connectivity index (χ0v) is 25.1. The number of benzene rings is 1. The molecule has 0 amide bonds. The summed E-state index contributed by atoms with van der Waals surface area (Å²) in [6, 6.07) is 5.37. The van der Waals surface area contributed by atoms with Crippen molar-refractivity contribution in [3.63, 3.8) is 0 Å². The molecule has 0 spiro atoms. The van der Waals surface area contributed by atoms with Gasteiger partial charge in [0.15, 0.2) is 10.5 Å². The summed E-state index contributed by atoms with van der Waals surface area (Å²) in [5, 5.41) is 4.38. The zero-order chi connectivity index (χ0) is 28.3. The number of anilines is 1. The van der Waals surface area contributed by atoms with Gasteiger partial charge in [0.05, 0.1) is 24.3 Å². The van der Waals surface area contributed by atoms with Crippen molar-refractivity contribution >= 4 is 22.8 Å². The van der Waals surface area contributed by atoms with Crippen LogP contribution in [0.15, 0.2) is 35.7 Å². The van der Waals surface area contributed by atoms with Gasteiger partial charge in [-0.2, -0.15) is 4.18 Å². The molecule has 4 rings (SSSR count). The van der Waals surface area contributed by atoms with Gasteiger partial charge in [0.25, 0.3) is 0 Å². The molecule has 0 aliphatic carbocycles. The Balaban J connectivity index is 1.30. The molecule has 2 aromatic rings. The minimum Gasteiger partial charge on any atom is -0.395 e. The first-order chi connectivity index (χ1) is 18.4. The number of piperidine rings is 1. The van der Waals surface area contributed by atoms with E-state index in [-0.39, 0.29) is 33.8 Å². The highest BCUT2D eigenvalue weighted by molar-refractivity contribution is 7.92. The van der Waals surface area contributed by atoms with E-state index in [1.54, 1.807) is 24.5 Å². The van der Waals surface area contributed by atoms with Crippen molar-refractivity contribution in [3.05, 3.63) is 42.0 Å². The molecule has 1 unspecified atom stereocenters. The Hall–Kier alpha value is -2.27. The highest BCUT2D eigenvalue weighted by Crippen LogP contribution is 2.30. The molecule has 10 heteroatoms. The molecule has 3 heterocycles. The minimum absolute atomic E-state index is 0.0155.